The number of carbonyl (C=O) groups is 2. The average Bonchev–Trinajstić information content (AvgIpc) is 2.24. The first-order valence-corrected chi connectivity index (χ1v) is 6.34. The quantitative estimate of drug-likeness (QED) is 0.505. The summed E-state index contributed by atoms with van der Waals surface area (Å²) in [6.07, 6.45) is 1.88. The molecule has 2 atom stereocenters. The molecule has 6 nitrogen and oxygen atoms in total. The average molecular weight is 259 g/mol. The lowest BCUT2D eigenvalue weighted by Gasteiger charge is -2.21. The molecule has 106 valence electrons. The van der Waals surface area contributed by atoms with Gasteiger partial charge in [0.1, 0.15) is 6.04 Å². The van der Waals surface area contributed by atoms with Crippen molar-refractivity contribution in [3.63, 3.8) is 0 Å². The maximum Gasteiger partial charge on any atom is 0.312 e. The van der Waals surface area contributed by atoms with Gasteiger partial charge in [-0.15, -0.1) is 0 Å². The van der Waals surface area contributed by atoms with Gasteiger partial charge < -0.3 is 21.5 Å². The fourth-order valence-corrected chi connectivity index (χ4v) is 1.69. The molecule has 0 saturated heterocycles. The van der Waals surface area contributed by atoms with Crippen LogP contribution in [0.15, 0.2) is 0 Å². The molecule has 0 heterocycles. The molecule has 0 aliphatic heterocycles. The molecule has 18 heavy (non-hydrogen) atoms. The molecule has 0 spiro atoms. The molecule has 2 unspecified atom stereocenters. The number of nitrogens with two attached hydrogens (primary N) is 1. The van der Waals surface area contributed by atoms with Crippen LogP contribution in [-0.4, -0.2) is 35.7 Å². The van der Waals surface area contributed by atoms with E-state index in [1.807, 2.05) is 20.8 Å². The summed E-state index contributed by atoms with van der Waals surface area (Å²) in [6, 6.07) is -1.33. The van der Waals surface area contributed by atoms with Crippen LogP contribution in [-0.2, 0) is 4.79 Å². The van der Waals surface area contributed by atoms with Gasteiger partial charge in [-0.2, -0.15) is 0 Å². The van der Waals surface area contributed by atoms with Crippen LogP contribution in [0.5, 0.6) is 0 Å². The van der Waals surface area contributed by atoms with Crippen LogP contribution in [0.1, 0.15) is 40.0 Å². The van der Waals surface area contributed by atoms with Crippen LogP contribution in [0.25, 0.3) is 0 Å². The number of primary amides is 1. The number of amides is 3. The number of aliphatic hydroxyl groups is 1. The summed E-state index contributed by atoms with van der Waals surface area (Å²) < 4.78 is 0. The maximum absolute atomic E-state index is 11.9. The fraction of sp³-hybridized carbons (Fsp3) is 0.833. The minimum absolute atomic E-state index is 0.0333. The Bertz CT molecular complexity index is 269. The summed E-state index contributed by atoms with van der Waals surface area (Å²) in [5, 5.41) is 14.0. The lowest BCUT2D eigenvalue weighted by atomic mass is 10.0. The summed E-state index contributed by atoms with van der Waals surface area (Å²) in [5.74, 6) is 0.0493. The monoisotopic (exact) mass is 259 g/mol. The minimum atomic E-state index is -0.696. The highest BCUT2D eigenvalue weighted by Crippen LogP contribution is 2.06. The highest BCUT2D eigenvalue weighted by atomic mass is 16.3. The van der Waals surface area contributed by atoms with Gasteiger partial charge in [0.2, 0.25) is 5.91 Å². The molecule has 0 bridgehead atoms. The summed E-state index contributed by atoms with van der Waals surface area (Å²) in [7, 11) is 0. The van der Waals surface area contributed by atoms with E-state index in [9.17, 15) is 9.59 Å². The molecule has 0 saturated carbocycles. The first-order valence-electron chi connectivity index (χ1n) is 6.34. The second-order valence-corrected chi connectivity index (χ2v) is 4.97. The first-order chi connectivity index (χ1) is 8.36. The van der Waals surface area contributed by atoms with Gasteiger partial charge in [-0.3, -0.25) is 4.79 Å². The zero-order valence-corrected chi connectivity index (χ0v) is 11.4. The Morgan fingerprint density at radius 3 is 2.28 bits per heavy atom. The van der Waals surface area contributed by atoms with E-state index in [-0.39, 0.29) is 24.5 Å². The summed E-state index contributed by atoms with van der Waals surface area (Å²) in [4.78, 5) is 22.8. The topological polar surface area (TPSA) is 104 Å². The van der Waals surface area contributed by atoms with Crippen molar-refractivity contribution >= 4 is 11.9 Å². The molecule has 0 aromatic heterocycles. The molecule has 3 amide bonds. The molecule has 0 aromatic carbocycles. The van der Waals surface area contributed by atoms with Crippen LogP contribution in [0, 0.1) is 5.92 Å². The third-order valence-electron chi connectivity index (χ3n) is 2.52. The molecular weight excluding hydrogens is 234 g/mol. The third kappa shape index (κ3) is 7.89. The normalized spacial score (nSPS) is 14.1. The predicted molar refractivity (Wildman–Crippen MR) is 69.9 cm³/mol. The largest absolute Gasteiger partial charge is 0.396 e. The summed E-state index contributed by atoms with van der Waals surface area (Å²) in [5.41, 5.74) is 5.05. The van der Waals surface area contributed by atoms with Crippen molar-refractivity contribution in [3.05, 3.63) is 0 Å². The van der Waals surface area contributed by atoms with Crippen molar-refractivity contribution in [1.29, 1.82) is 0 Å². The van der Waals surface area contributed by atoms with Gasteiger partial charge in [-0.1, -0.05) is 13.8 Å². The number of hydrogen-bond donors (Lipinski definition) is 4. The van der Waals surface area contributed by atoms with Crippen LogP contribution < -0.4 is 16.4 Å². The number of nitrogens with one attached hydrogen (secondary N) is 2. The van der Waals surface area contributed by atoms with Crippen molar-refractivity contribution in [3.8, 4) is 0 Å². The lowest BCUT2D eigenvalue weighted by Crippen LogP contribution is -2.51. The zero-order chi connectivity index (χ0) is 14.1. The first kappa shape index (κ1) is 16.7. The molecule has 0 aliphatic carbocycles. The van der Waals surface area contributed by atoms with Crippen molar-refractivity contribution in [1.82, 2.24) is 10.6 Å². The Morgan fingerprint density at radius 1 is 1.22 bits per heavy atom. The highest BCUT2D eigenvalue weighted by molar-refractivity contribution is 5.86. The predicted octanol–water partition coefficient (Wildman–Crippen LogP) is 0.347. The summed E-state index contributed by atoms with van der Waals surface area (Å²) >= 11 is 0. The fourth-order valence-electron chi connectivity index (χ4n) is 1.69. The molecule has 6 heteroatoms. The second-order valence-electron chi connectivity index (χ2n) is 4.97. The molecule has 0 rings (SSSR count). The third-order valence-corrected chi connectivity index (χ3v) is 2.52. The van der Waals surface area contributed by atoms with Gasteiger partial charge in [-0.05, 0) is 32.1 Å². The van der Waals surface area contributed by atoms with E-state index in [2.05, 4.69) is 10.6 Å². The minimum Gasteiger partial charge on any atom is -0.396 e. The number of hydrogen-bond acceptors (Lipinski definition) is 3. The number of aliphatic hydroxyl groups excluding tert-OH is 1. The van der Waals surface area contributed by atoms with E-state index < -0.39 is 12.1 Å². The highest BCUT2D eigenvalue weighted by Gasteiger charge is 2.21. The Kier molecular flexibility index (Phi) is 8.11. The number of urea groups is 1. The van der Waals surface area contributed by atoms with Crippen molar-refractivity contribution < 1.29 is 14.7 Å². The van der Waals surface area contributed by atoms with Gasteiger partial charge >= 0.3 is 6.03 Å². The van der Waals surface area contributed by atoms with Crippen molar-refractivity contribution in [2.24, 2.45) is 11.7 Å². The van der Waals surface area contributed by atoms with Gasteiger partial charge in [0.25, 0.3) is 0 Å². The van der Waals surface area contributed by atoms with Crippen LogP contribution in [0.2, 0.25) is 0 Å². The SMILES string of the molecule is CC(C)CC(NC(N)=O)C(=O)NC(C)CCCO. The van der Waals surface area contributed by atoms with Gasteiger partial charge in [-0.25, -0.2) is 4.79 Å². The maximum atomic E-state index is 11.9. The Balaban J connectivity index is 4.31. The number of rotatable bonds is 8. The van der Waals surface area contributed by atoms with E-state index in [0.29, 0.717) is 19.3 Å². The van der Waals surface area contributed by atoms with E-state index in [0.717, 1.165) is 0 Å². The smallest absolute Gasteiger partial charge is 0.312 e. The van der Waals surface area contributed by atoms with Crippen LogP contribution in [0.4, 0.5) is 4.79 Å². The molecule has 0 aliphatic rings. The summed E-state index contributed by atoms with van der Waals surface area (Å²) in [6.45, 7) is 5.91. The Morgan fingerprint density at radius 2 is 1.83 bits per heavy atom. The molecule has 0 aromatic rings. The molecule has 0 fully saturated rings. The van der Waals surface area contributed by atoms with E-state index >= 15 is 0 Å². The van der Waals surface area contributed by atoms with Gasteiger partial charge in [0.05, 0.1) is 0 Å². The number of carbonyl (C=O) groups excluding carboxylic acids is 2. The van der Waals surface area contributed by atoms with E-state index in [4.69, 9.17) is 10.8 Å². The standard InChI is InChI=1S/C12H25N3O3/c1-8(2)7-10(15-12(13)18)11(17)14-9(3)5-4-6-16/h8-10,16H,4-7H2,1-3H3,(H,14,17)(H3,13,15,18). The zero-order valence-electron chi connectivity index (χ0n) is 11.4. The van der Waals surface area contributed by atoms with Crippen LogP contribution in [0.3, 0.4) is 0 Å². The van der Waals surface area contributed by atoms with Crippen LogP contribution >= 0.6 is 0 Å². The Hall–Kier alpha value is -1.30. The van der Waals surface area contributed by atoms with Gasteiger partial charge in [0.15, 0.2) is 0 Å². The molecular formula is C12H25N3O3. The molecule has 5 N–H and O–H groups in total. The van der Waals surface area contributed by atoms with Crippen molar-refractivity contribution in [2.75, 3.05) is 6.61 Å². The van der Waals surface area contributed by atoms with Crippen molar-refractivity contribution in [2.45, 2.75) is 52.1 Å². The second kappa shape index (κ2) is 8.74. The molecule has 0 radical (unpaired) electrons. The van der Waals surface area contributed by atoms with Gasteiger partial charge in [0, 0.05) is 12.6 Å². The lowest BCUT2D eigenvalue weighted by molar-refractivity contribution is -0.123. The van der Waals surface area contributed by atoms with E-state index in [1.54, 1.807) is 0 Å². The Labute approximate surface area is 108 Å². The van der Waals surface area contributed by atoms with E-state index in [1.165, 1.54) is 0 Å².